The third-order valence-electron chi connectivity index (χ3n) is 6.65. The number of H-pyrrole nitrogens is 1. The van der Waals surface area contributed by atoms with Crippen LogP contribution in [-0.4, -0.2) is 16.6 Å². The number of ketones is 2. The molecule has 3 aliphatic rings. The van der Waals surface area contributed by atoms with Gasteiger partial charge in [0.25, 0.3) is 0 Å². The molecule has 1 aliphatic heterocycles. The minimum atomic E-state index is -0.274. The second-order valence-corrected chi connectivity index (χ2v) is 10.5. The first-order valence-electron chi connectivity index (χ1n) is 10.5. The van der Waals surface area contributed by atoms with E-state index >= 15 is 0 Å². The fraction of sp³-hybridized carbons (Fsp3) is 0.440. The number of carbonyl (C=O) groups is 2. The molecule has 0 atom stereocenters. The Hall–Kier alpha value is -2.62. The molecule has 0 unspecified atom stereocenters. The molecule has 0 radical (unpaired) electrons. The number of aromatic amines is 1. The SMILES string of the molecule is CC1(C)CC(=O)C2=C(C1)NC1=C(C(=O)CC(C)(C)C1)C2c1c[nH]c2ccccc12. The smallest absolute Gasteiger partial charge is 0.162 e. The molecule has 0 fully saturated rings. The highest BCUT2D eigenvalue weighted by atomic mass is 16.1. The monoisotopic (exact) mass is 388 g/mol. The molecular formula is C25H28N2O2. The van der Waals surface area contributed by atoms with E-state index in [1.54, 1.807) is 0 Å². The van der Waals surface area contributed by atoms with Crippen molar-refractivity contribution in [2.75, 3.05) is 0 Å². The van der Waals surface area contributed by atoms with Crippen LogP contribution in [0.4, 0.5) is 0 Å². The molecule has 150 valence electrons. The topological polar surface area (TPSA) is 62.0 Å². The summed E-state index contributed by atoms with van der Waals surface area (Å²) in [6.07, 6.45) is 4.70. The summed E-state index contributed by atoms with van der Waals surface area (Å²) in [5.41, 5.74) is 5.60. The Bertz CT molecular complexity index is 1070. The third kappa shape index (κ3) is 2.88. The first-order valence-corrected chi connectivity index (χ1v) is 10.5. The van der Waals surface area contributed by atoms with Crippen molar-refractivity contribution >= 4 is 22.5 Å². The summed E-state index contributed by atoms with van der Waals surface area (Å²) in [6, 6.07) is 8.15. The molecule has 1 aromatic heterocycles. The molecule has 29 heavy (non-hydrogen) atoms. The molecule has 2 heterocycles. The molecule has 2 N–H and O–H groups in total. The molecule has 4 nitrogen and oxygen atoms in total. The van der Waals surface area contributed by atoms with E-state index in [1.807, 2.05) is 24.4 Å². The van der Waals surface area contributed by atoms with Crippen molar-refractivity contribution in [2.24, 2.45) is 10.8 Å². The highest BCUT2D eigenvalue weighted by Gasteiger charge is 2.46. The van der Waals surface area contributed by atoms with Crippen molar-refractivity contribution in [3.8, 4) is 0 Å². The summed E-state index contributed by atoms with van der Waals surface area (Å²) in [6.45, 7) is 8.60. The van der Waals surface area contributed by atoms with Crippen LogP contribution in [0.3, 0.4) is 0 Å². The van der Waals surface area contributed by atoms with Crippen molar-refractivity contribution < 1.29 is 9.59 Å². The zero-order valence-corrected chi connectivity index (χ0v) is 17.6. The van der Waals surface area contributed by atoms with Crippen LogP contribution in [0.5, 0.6) is 0 Å². The van der Waals surface area contributed by atoms with Gasteiger partial charge in [-0.15, -0.1) is 0 Å². The van der Waals surface area contributed by atoms with Crippen LogP contribution in [0.2, 0.25) is 0 Å². The van der Waals surface area contributed by atoms with Gasteiger partial charge in [0.2, 0.25) is 0 Å². The third-order valence-corrected chi connectivity index (χ3v) is 6.65. The Morgan fingerprint density at radius 1 is 0.828 bits per heavy atom. The zero-order valence-electron chi connectivity index (χ0n) is 17.6. The lowest BCUT2D eigenvalue weighted by Crippen LogP contribution is -2.42. The number of para-hydroxylation sites is 1. The Morgan fingerprint density at radius 3 is 1.97 bits per heavy atom. The van der Waals surface area contributed by atoms with E-state index in [4.69, 9.17) is 0 Å². The molecule has 4 heteroatoms. The number of carbonyl (C=O) groups excluding carboxylic acids is 2. The number of Topliss-reactive ketones (excluding diaryl/α,β-unsaturated/α-hetero) is 2. The number of rotatable bonds is 1. The van der Waals surface area contributed by atoms with Crippen LogP contribution in [0, 0.1) is 10.8 Å². The molecule has 0 saturated carbocycles. The predicted octanol–water partition coefficient (Wildman–Crippen LogP) is 5.14. The minimum Gasteiger partial charge on any atom is -0.362 e. The van der Waals surface area contributed by atoms with Gasteiger partial charge in [0.1, 0.15) is 0 Å². The number of fused-ring (bicyclic) bond motifs is 1. The molecule has 2 aliphatic carbocycles. The van der Waals surface area contributed by atoms with Crippen LogP contribution in [-0.2, 0) is 9.59 Å². The second-order valence-electron chi connectivity index (χ2n) is 10.5. The first kappa shape index (κ1) is 18.4. The molecule has 0 saturated heterocycles. The number of hydrogen-bond donors (Lipinski definition) is 2. The van der Waals surface area contributed by atoms with Gasteiger partial charge in [-0.3, -0.25) is 9.59 Å². The van der Waals surface area contributed by atoms with E-state index in [-0.39, 0.29) is 28.3 Å². The largest absolute Gasteiger partial charge is 0.362 e. The fourth-order valence-corrected chi connectivity index (χ4v) is 5.53. The summed E-state index contributed by atoms with van der Waals surface area (Å²) >= 11 is 0. The quantitative estimate of drug-likeness (QED) is 0.711. The first-order chi connectivity index (χ1) is 13.7. The van der Waals surface area contributed by atoms with Gasteiger partial charge in [0.05, 0.1) is 0 Å². The maximum absolute atomic E-state index is 13.4. The number of allylic oxidation sites excluding steroid dienone is 4. The van der Waals surface area contributed by atoms with Gasteiger partial charge < -0.3 is 10.3 Å². The molecule has 2 aromatic rings. The fourth-order valence-electron chi connectivity index (χ4n) is 5.53. The summed E-state index contributed by atoms with van der Waals surface area (Å²) in [5.74, 6) is 0.0658. The molecule has 0 amide bonds. The Balaban J connectivity index is 1.76. The minimum absolute atomic E-state index is 0.0695. The van der Waals surface area contributed by atoms with E-state index < -0.39 is 0 Å². The lowest BCUT2D eigenvalue weighted by Gasteiger charge is -2.43. The summed E-state index contributed by atoms with van der Waals surface area (Å²) < 4.78 is 0. The maximum atomic E-state index is 13.4. The van der Waals surface area contributed by atoms with Crippen LogP contribution >= 0.6 is 0 Å². The van der Waals surface area contributed by atoms with Crippen molar-refractivity contribution in [1.29, 1.82) is 0 Å². The Kier molecular flexibility index (Phi) is 3.77. The lowest BCUT2D eigenvalue weighted by molar-refractivity contribution is -0.119. The van der Waals surface area contributed by atoms with Gasteiger partial charge in [-0.1, -0.05) is 45.9 Å². The molecule has 0 bridgehead atoms. The number of dihydropyridines is 1. The van der Waals surface area contributed by atoms with Gasteiger partial charge in [-0.2, -0.15) is 0 Å². The maximum Gasteiger partial charge on any atom is 0.162 e. The van der Waals surface area contributed by atoms with E-state index in [0.717, 1.165) is 51.8 Å². The zero-order chi connectivity index (χ0) is 20.6. The van der Waals surface area contributed by atoms with E-state index in [9.17, 15) is 9.59 Å². The average molecular weight is 389 g/mol. The van der Waals surface area contributed by atoms with Crippen molar-refractivity contribution in [2.45, 2.75) is 59.3 Å². The Labute approximate surface area is 171 Å². The lowest BCUT2D eigenvalue weighted by atomic mass is 9.64. The second kappa shape index (κ2) is 5.94. The molecule has 0 spiro atoms. The number of nitrogens with one attached hydrogen (secondary N) is 2. The van der Waals surface area contributed by atoms with Gasteiger partial charge in [-0.05, 0) is 35.3 Å². The van der Waals surface area contributed by atoms with Gasteiger partial charge in [0, 0.05) is 58.4 Å². The van der Waals surface area contributed by atoms with Gasteiger partial charge in [-0.25, -0.2) is 0 Å². The molecule has 1 aromatic carbocycles. The standard InChI is InChI=1S/C25H28N2O2/c1-24(2)9-17-22(19(28)11-24)21(15-13-26-16-8-6-5-7-14(15)16)23-18(27-17)10-25(3,4)12-20(23)29/h5-8,13,21,26-27H,9-12H2,1-4H3. The van der Waals surface area contributed by atoms with Crippen LogP contribution < -0.4 is 5.32 Å². The Morgan fingerprint density at radius 2 is 1.38 bits per heavy atom. The van der Waals surface area contributed by atoms with Crippen LogP contribution in [0.25, 0.3) is 10.9 Å². The number of hydrogen-bond acceptors (Lipinski definition) is 3. The van der Waals surface area contributed by atoms with Gasteiger partial charge >= 0.3 is 0 Å². The highest BCUT2D eigenvalue weighted by molar-refractivity contribution is 6.08. The predicted molar refractivity (Wildman–Crippen MR) is 114 cm³/mol. The van der Waals surface area contributed by atoms with E-state index in [0.29, 0.717) is 12.8 Å². The van der Waals surface area contributed by atoms with Crippen molar-refractivity contribution in [3.63, 3.8) is 0 Å². The number of aromatic nitrogens is 1. The summed E-state index contributed by atoms with van der Waals surface area (Å²) in [5, 5.41) is 4.67. The summed E-state index contributed by atoms with van der Waals surface area (Å²) in [7, 11) is 0. The molecular weight excluding hydrogens is 360 g/mol. The van der Waals surface area contributed by atoms with Gasteiger partial charge in [0.15, 0.2) is 11.6 Å². The van der Waals surface area contributed by atoms with Crippen LogP contribution in [0.1, 0.15) is 64.9 Å². The number of benzene rings is 1. The average Bonchev–Trinajstić information content (AvgIpc) is 3.01. The normalized spacial score (nSPS) is 23.9. The summed E-state index contributed by atoms with van der Waals surface area (Å²) in [4.78, 5) is 30.1. The van der Waals surface area contributed by atoms with Crippen molar-refractivity contribution in [1.82, 2.24) is 10.3 Å². The molecule has 5 rings (SSSR count). The highest BCUT2D eigenvalue weighted by Crippen LogP contribution is 2.51. The van der Waals surface area contributed by atoms with Crippen molar-refractivity contribution in [3.05, 3.63) is 58.6 Å². The van der Waals surface area contributed by atoms with E-state index in [1.165, 1.54) is 0 Å². The van der Waals surface area contributed by atoms with Crippen LogP contribution in [0.15, 0.2) is 53.0 Å². The van der Waals surface area contributed by atoms with E-state index in [2.05, 4.69) is 44.1 Å².